The second-order valence-corrected chi connectivity index (χ2v) is 10.6. The van der Waals surface area contributed by atoms with Crippen LogP contribution in [0.25, 0.3) is 22.0 Å². The van der Waals surface area contributed by atoms with Crippen molar-refractivity contribution in [3.8, 4) is 16.9 Å². The number of halogens is 5. The Morgan fingerprint density at radius 1 is 0.878 bits per heavy atom. The van der Waals surface area contributed by atoms with Gasteiger partial charge >= 0.3 is 12.1 Å². The summed E-state index contributed by atoms with van der Waals surface area (Å²) in [4.78, 5) is 28.6. The quantitative estimate of drug-likeness (QED) is 0.0816. The molecule has 0 aliphatic rings. The van der Waals surface area contributed by atoms with Gasteiger partial charge in [-0.3, -0.25) is 4.79 Å². The number of hydrazone groups is 1. The van der Waals surface area contributed by atoms with Crippen molar-refractivity contribution in [1.82, 2.24) is 10.4 Å². The van der Waals surface area contributed by atoms with Gasteiger partial charge in [-0.1, -0.05) is 74.3 Å². The van der Waals surface area contributed by atoms with Gasteiger partial charge in [0, 0.05) is 25.5 Å². The lowest BCUT2D eigenvalue weighted by Crippen LogP contribution is -2.19. The van der Waals surface area contributed by atoms with E-state index >= 15 is 0 Å². The SMILES string of the molecule is O=C(Oc1ccc(Br)cc1C=NNC(=O)c1[nH]c2c(C(F)(F)F)cccc2c1-c1ccccc1)c1ccc(Br)cc1. The van der Waals surface area contributed by atoms with E-state index in [-0.39, 0.29) is 22.3 Å². The minimum Gasteiger partial charge on any atom is -0.422 e. The van der Waals surface area contributed by atoms with Crippen LogP contribution in [0.1, 0.15) is 32.0 Å². The molecule has 0 aliphatic heterocycles. The number of esters is 1. The van der Waals surface area contributed by atoms with Crippen LogP contribution in [-0.4, -0.2) is 23.1 Å². The number of rotatable bonds is 6. The average molecular weight is 685 g/mol. The van der Waals surface area contributed by atoms with E-state index in [1.807, 2.05) is 0 Å². The first kappa shape index (κ1) is 28.3. The second kappa shape index (κ2) is 11.7. The zero-order chi connectivity index (χ0) is 29.1. The molecule has 4 aromatic carbocycles. The highest BCUT2D eigenvalue weighted by Gasteiger charge is 2.34. The number of benzene rings is 4. The number of nitrogens with one attached hydrogen (secondary N) is 2. The van der Waals surface area contributed by atoms with Crippen LogP contribution in [0.2, 0.25) is 0 Å². The summed E-state index contributed by atoms with van der Waals surface area (Å²) in [6.07, 6.45) is -3.35. The Bertz CT molecular complexity index is 1780. The van der Waals surface area contributed by atoms with Gasteiger partial charge in [-0.2, -0.15) is 18.3 Å². The van der Waals surface area contributed by atoms with Gasteiger partial charge in [0.1, 0.15) is 11.4 Å². The minimum absolute atomic E-state index is 0.0869. The van der Waals surface area contributed by atoms with Crippen molar-refractivity contribution in [2.24, 2.45) is 5.10 Å². The predicted octanol–water partition coefficient (Wildman–Crippen LogP) is 8.36. The fraction of sp³-hybridized carbons (Fsp3) is 0.0333. The molecule has 0 atom stereocenters. The summed E-state index contributed by atoms with van der Waals surface area (Å²) in [5.41, 5.74) is 2.75. The van der Waals surface area contributed by atoms with Crippen molar-refractivity contribution in [3.05, 3.63) is 122 Å². The van der Waals surface area contributed by atoms with Gasteiger partial charge in [0.2, 0.25) is 0 Å². The van der Waals surface area contributed by atoms with Gasteiger partial charge in [-0.15, -0.1) is 0 Å². The van der Waals surface area contributed by atoms with Gasteiger partial charge < -0.3 is 9.72 Å². The first-order valence-electron chi connectivity index (χ1n) is 12.0. The molecule has 0 unspecified atom stereocenters. The highest BCUT2D eigenvalue weighted by Crippen LogP contribution is 2.39. The maximum atomic E-state index is 13.8. The Labute approximate surface area is 248 Å². The van der Waals surface area contributed by atoms with Crippen LogP contribution in [0.3, 0.4) is 0 Å². The molecule has 0 bridgehead atoms. The number of aromatic amines is 1. The maximum Gasteiger partial charge on any atom is 0.418 e. The third-order valence-electron chi connectivity index (χ3n) is 6.05. The summed E-state index contributed by atoms with van der Waals surface area (Å²) < 4.78 is 48.3. The zero-order valence-corrected chi connectivity index (χ0v) is 24.0. The van der Waals surface area contributed by atoms with Crippen molar-refractivity contribution in [3.63, 3.8) is 0 Å². The van der Waals surface area contributed by atoms with Crippen molar-refractivity contribution in [1.29, 1.82) is 0 Å². The fourth-order valence-electron chi connectivity index (χ4n) is 4.20. The predicted molar refractivity (Wildman–Crippen MR) is 157 cm³/mol. The van der Waals surface area contributed by atoms with E-state index in [2.05, 4.69) is 47.4 Å². The molecule has 1 aromatic heterocycles. The van der Waals surface area contributed by atoms with E-state index in [1.165, 1.54) is 18.3 Å². The van der Waals surface area contributed by atoms with Gasteiger partial charge in [-0.25, -0.2) is 10.2 Å². The minimum atomic E-state index is -4.63. The Hall–Kier alpha value is -4.22. The van der Waals surface area contributed by atoms with E-state index in [9.17, 15) is 22.8 Å². The number of hydrogen-bond donors (Lipinski definition) is 2. The lowest BCUT2D eigenvalue weighted by Gasteiger charge is -2.08. The van der Waals surface area contributed by atoms with Crippen molar-refractivity contribution < 1.29 is 27.5 Å². The van der Waals surface area contributed by atoms with Crippen LogP contribution < -0.4 is 10.2 Å². The third-order valence-corrected chi connectivity index (χ3v) is 7.07. The van der Waals surface area contributed by atoms with Crippen molar-refractivity contribution >= 4 is 60.9 Å². The van der Waals surface area contributed by atoms with Gasteiger partial charge in [0.25, 0.3) is 5.91 Å². The fourth-order valence-corrected chi connectivity index (χ4v) is 4.85. The Morgan fingerprint density at radius 3 is 2.29 bits per heavy atom. The molecule has 0 spiro atoms. The number of carbonyl (C=O) groups excluding carboxylic acids is 2. The summed E-state index contributed by atoms with van der Waals surface area (Å²) in [7, 11) is 0. The molecule has 0 saturated heterocycles. The monoisotopic (exact) mass is 683 g/mol. The number of ether oxygens (including phenoxy) is 1. The van der Waals surface area contributed by atoms with E-state index in [0.717, 1.165) is 10.5 Å². The number of H-pyrrole nitrogens is 1. The molecule has 0 aliphatic carbocycles. The normalized spacial score (nSPS) is 11.6. The summed E-state index contributed by atoms with van der Waals surface area (Å²) in [6, 6.07) is 23.9. The molecule has 0 fully saturated rings. The average Bonchev–Trinajstić information content (AvgIpc) is 3.34. The van der Waals surface area contributed by atoms with Crippen LogP contribution in [0, 0.1) is 0 Å². The van der Waals surface area contributed by atoms with E-state index in [4.69, 9.17) is 4.74 Å². The zero-order valence-electron chi connectivity index (χ0n) is 20.8. The number of hydrogen-bond acceptors (Lipinski definition) is 4. The number of aromatic nitrogens is 1. The Balaban J connectivity index is 1.45. The molecule has 1 heterocycles. The lowest BCUT2D eigenvalue weighted by atomic mass is 10.0. The Kier molecular flexibility index (Phi) is 8.09. The van der Waals surface area contributed by atoms with Crippen LogP contribution >= 0.6 is 31.9 Å². The van der Waals surface area contributed by atoms with Gasteiger partial charge in [0.15, 0.2) is 0 Å². The van der Waals surface area contributed by atoms with Crippen LogP contribution in [0.15, 0.2) is 105 Å². The molecule has 6 nitrogen and oxygen atoms in total. The third kappa shape index (κ3) is 6.26. The molecular formula is C30H18Br2F3N3O3. The lowest BCUT2D eigenvalue weighted by molar-refractivity contribution is -0.136. The molecule has 2 N–H and O–H groups in total. The molecule has 5 aromatic rings. The van der Waals surface area contributed by atoms with Gasteiger partial charge in [0.05, 0.1) is 22.9 Å². The Morgan fingerprint density at radius 2 is 1.59 bits per heavy atom. The number of nitrogens with zero attached hydrogens (tertiary/aromatic N) is 1. The number of para-hydroxylation sites is 1. The molecule has 0 saturated carbocycles. The molecular weight excluding hydrogens is 667 g/mol. The molecule has 5 rings (SSSR count). The number of carbonyl (C=O) groups is 2. The number of fused-ring (bicyclic) bond motifs is 1. The highest BCUT2D eigenvalue weighted by atomic mass is 79.9. The topological polar surface area (TPSA) is 83.5 Å². The smallest absolute Gasteiger partial charge is 0.418 e. The first-order chi connectivity index (χ1) is 19.6. The van der Waals surface area contributed by atoms with Crippen molar-refractivity contribution in [2.45, 2.75) is 6.18 Å². The first-order valence-corrected chi connectivity index (χ1v) is 13.6. The standard InChI is InChI=1S/C30H18Br2F3N3O3/c31-20-11-9-18(10-12-20)29(40)41-24-14-13-21(32)15-19(24)16-36-38-28(39)27-25(17-5-2-1-3-6-17)22-7-4-8-23(26(22)37-27)30(33,34)35/h1-16,37H,(H,38,39). The van der Waals surface area contributed by atoms with Crippen molar-refractivity contribution in [2.75, 3.05) is 0 Å². The van der Waals surface area contributed by atoms with Crippen LogP contribution in [0.4, 0.5) is 13.2 Å². The van der Waals surface area contributed by atoms with E-state index in [1.54, 1.807) is 72.8 Å². The molecule has 11 heteroatoms. The van der Waals surface area contributed by atoms with Crippen LogP contribution in [-0.2, 0) is 6.18 Å². The van der Waals surface area contributed by atoms with Crippen LogP contribution in [0.5, 0.6) is 5.75 Å². The number of amides is 1. The largest absolute Gasteiger partial charge is 0.422 e. The van der Waals surface area contributed by atoms with Gasteiger partial charge in [-0.05, 0) is 54.1 Å². The number of alkyl halides is 3. The molecule has 41 heavy (non-hydrogen) atoms. The molecule has 1 amide bonds. The summed E-state index contributed by atoms with van der Waals surface area (Å²) in [5.74, 6) is -1.16. The maximum absolute atomic E-state index is 13.8. The van der Waals surface area contributed by atoms with E-state index < -0.39 is 23.6 Å². The highest BCUT2D eigenvalue weighted by molar-refractivity contribution is 9.10. The second-order valence-electron chi connectivity index (χ2n) is 8.74. The molecule has 0 radical (unpaired) electrons. The summed E-state index contributed by atoms with van der Waals surface area (Å²) >= 11 is 6.68. The summed E-state index contributed by atoms with van der Waals surface area (Å²) in [6.45, 7) is 0. The van der Waals surface area contributed by atoms with E-state index in [0.29, 0.717) is 26.7 Å². The molecule has 206 valence electrons. The summed E-state index contributed by atoms with van der Waals surface area (Å²) in [5, 5.41) is 4.25.